The Morgan fingerprint density at radius 3 is 1.29 bits per heavy atom. The molecular weight excluding hydrogens is 426 g/mol. The fraction of sp³-hybridized carbons (Fsp3) is 0.520. The Kier molecular flexibility index (Phi) is 6.90. The van der Waals surface area contributed by atoms with Gasteiger partial charge in [-0.3, -0.25) is 0 Å². The second kappa shape index (κ2) is 9.18. The largest absolute Gasteiger partial charge is 0.333 e. The average Bonchev–Trinajstić information content (AvgIpc) is 2.77. The lowest BCUT2D eigenvalue weighted by molar-refractivity contribution is 0.0480. The van der Waals surface area contributed by atoms with Gasteiger partial charge in [-0.15, -0.1) is 0 Å². The van der Waals surface area contributed by atoms with E-state index in [0.717, 1.165) is 0 Å². The van der Waals surface area contributed by atoms with E-state index in [2.05, 4.69) is 95.3 Å². The van der Waals surface area contributed by atoms with E-state index in [1.165, 1.54) is 11.1 Å². The standard InChI is InChI=1S/C25H34O4P2/c1-23(2)16-26-30(27-17-23)22(31-28-18-24(3,4)19-29-31)25(5,20-12-8-6-9-13-20)21-14-10-7-11-15-21/h6-15,22H,16-19H2,1-5H3. The molecule has 2 fully saturated rings. The van der Waals surface area contributed by atoms with Crippen LogP contribution < -0.4 is 0 Å². The molecule has 31 heavy (non-hydrogen) atoms. The van der Waals surface area contributed by atoms with Crippen LogP contribution in [0.1, 0.15) is 45.7 Å². The molecule has 0 unspecified atom stereocenters. The fourth-order valence-corrected chi connectivity index (χ4v) is 9.40. The first-order chi connectivity index (χ1) is 14.7. The van der Waals surface area contributed by atoms with Crippen molar-refractivity contribution < 1.29 is 18.1 Å². The zero-order valence-electron chi connectivity index (χ0n) is 19.2. The van der Waals surface area contributed by atoms with Crippen LogP contribution in [0, 0.1) is 10.8 Å². The maximum absolute atomic E-state index is 6.45. The Balaban J connectivity index is 1.79. The molecule has 0 atom stereocenters. The molecule has 2 aromatic rings. The molecule has 2 aliphatic heterocycles. The van der Waals surface area contributed by atoms with Gasteiger partial charge in [0.2, 0.25) is 0 Å². The van der Waals surface area contributed by atoms with E-state index >= 15 is 0 Å². The van der Waals surface area contributed by atoms with E-state index < -0.39 is 16.8 Å². The monoisotopic (exact) mass is 460 g/mol. The summed E-state index contributed by atoms with van der Waals surface area (Å²) in [5, 5.41) is -0.0468. The Morgan fingerprint density at radius 2 is 0.968 bits per heavy atom. The van der Waals surface area contributed by atoms with Gasteiger partial charge in [-0.1, -0.05) is 95.3 Å². The first kappa shape index (κ1) is 23.3. The quantitative estimate of drug-likeness (QED) is 0.447. The molecule has 0 amide bonds. The van der Waals surface area contributed by atoms with Crippen molar-refractivity contribution in [3.05, 3.63) is 71.8 Å². The van der Waals surface area contributed by atoms with Crippen LogP contribution in [-0.2, 0) is 23.5 Å². The molecule has 6 heteroatoms. The molecule has 168 valence electrons. The predicted octanol–water partition coefficient (Wildman–Crippen LogP) is 7.09. The van der Waals surface area contributed by atoms with Crippen LogP contribution in [0.3, 0.4) is 0 Å². The normalized spacial score (nSPS) is 22.5. The Hall–Kier alpha value is -0.860. The van der Waals surface area contributed by atoms with Gasteiger partial charge in [-0.2, -0.15) is 0 Å². The minimum atomic E-state index is -1.20. The van der Waals surface area contributed by atoms with E-state index in [9.17, 15) is 0 Å². The van der Waals surface area contributed by atoms with Gasteiger partial charge < -0.3 is 18.1 Å². The van der Waals surface area contributed by atoms with Crippen LogP contribution in [-0.4, -0.2) is 31.8 Å². The number of benzene rings is 2. The molecule has 0 radical (unpaired) electrons. The van der Waals surface area contributed by atoms with Crippen molar-refractivity contribution in [1.82, 2.24) is 0 Å². The highest BCUT2D eigenvalue weighted by molar-refractivity contribution is 7.66. The number of rotatable bonds is 5. The van der Waals surface area contributed by atoms with E-state index in [4.69, 9.17) is 18.1 Å². The third-order valence-corrected chi connectivity index (χ3v) is 10.5. The molecule has 2 heterocycles. The zero-order chi connectivity index (χ0) is 22.1. The van der Waals surface area contributed by atoms with E-state index in [1.807, 2.05) is 0 Å². The molecule has 0 bridgehead atoms. The Labute approximate surface area is 189 Å². The minimum absolute atomic E-state index is 0.0167. The van der Waals surface area contributed by atoms with Gasteiger partial charge in [0.15, 0.2) is 16.8 Å². The highest BCUT2D eigenvalue weighted by Gasteiger charge is 2.53. The summed E-state index contributed by atoms with van der Waals surface area (Å²) < 4.78 is 25.8. The third kappa shape index (κ3) is 5.06. The summed E-state index contributed by atoms with van der Waals surface area (Å²) in [5.74, 6) is 0. The van der Waals surface area contributed by atoms with Crippen LogP contribution in [0.4, 0.5) is 0 Å². The lowest BCUT2D eigenvalue weighted by atomic mass is 9.77. The molecule has 2 aromatic carbocycles. The molecule has 0 aliphatic carbocycles. The van der Waals surface area contributed by atoms with Crippen molar-refractivity contribution >= 4 is 16.8 Å². The van der Waals surface area contributed by atoms with E-state index in [-0.39, 0.29) is 21.6 Å². The summed E-state index contributed by atoms with van der Waals surface area (Å²) in [7, 11) is -2.41. The fourth-order valence-electron chi connectivity index (χ4n) is 3.93. The van der Waals surface area contributed by atoms with E-state index in [0.29, 0.717) is 26.4 Å². The Bertz CT molecular complexity index is 769. The highest BCUT2D eigenvalue weighted by Crippen LogP contribution is 2.70. The van der Waals surface area contributed by atoms with Gasteiger partial charge in [-0.05, 0) is 11.1 Å². The van der Waals surface area contributed by atoms with Crippen LogP contribution >= 0.6 is 16.8 Å². The summed E-state index contributed by atoms with van der Waals surface area (Å²) in [6.07, 6.45) is 0. The summed E-state index contributed by atoms with van der Waals surface area (Å²) in [5.41, 5.74) is 2.12. The average molecular weight is 460 g/mol. The Morgan fingerprint density at radius 1 is 0.645 bits per heavy atom. The van der Waals surface area contributed by atoms with Gasteiger partial charge in [0.25, 0.3) is 0 Å². The topological polar surface area (TPSA) is 36.9 Å². The number of hydrogen-bond donors (Lipinski definition) is 0. The van der Waals surface area contributed by atoms with Gasteiger partial charge >= 0.3 is 0 Å². The van der Waals surface area contributed by atoms with Crippen LogP contribution in [0.25, 0.3) is 0 Å². The molecule has 0 N–H and O–H groups in total. The van der Waals surface area contributed by atoms with Gasteiger partial charge in [0.05, 0.1) is 26.4 Å². The molecule has 2 saturated heterocycles. The lowest BCUT2D eigenvalue weighted by Gasteiger charge is -2.48. The van der Waals surface area contributed by atoms with Crippen molar-refractivity contribution in [3.8, 4) is 0 Å². The molecule has 4 nitrogen and oxygen atoms in total. The zero-order valence-corrected chi connectivity index (χ0v) is 21.0. The van der Waals surface area contributed by atoms with Crippen molar-refractivity contribution in [1.29, 1.82) is 0 Å². The second-order valence-electron chi connectivity index (χ2n) is 10.3. The van der Waals surface area contributed by atoms with Crippen LogP contribution in [0.15, 0.2) is 60.7 Å². The van der Waals surface area contributed by atoms with Crippen molar-refractivity contribution in [2.24, 2.45) is 10.8 Å². The van der Waals surface area contributed by atoms with Crippen molar-refractivity contribution in [3.63, 3.8) is 0 Å². The third-order valence-electron chi connectivity index (χ3n) is 5.99. The first-order valence-electron chi connectivity index (χ1n) is 10.9. The molecule has 0 aromatic heterocycles. The van der Waals surface area contributed by atoms with Crippen molar-refractivity contribution in [2.75, 3.05) is 26.4 Å². The van der Waals surface area contributed by atoms with Gasteiger partial charge in [0.1, 0.15) is 5.40 Å². The van der Waals surface area contributed by atoms with Gasteiger partial charge in [-0.25, -0.2) is 0 Å². The molecule has 0 saturated carbocycles. The summed E-state index contributed by atoms with van der Waals surface area (Å²) in [6, 6.07) is 21.3. The van der Waals surface area contributed by atoms with Crippen LogP contribution in [0.5, 0.6) is 0 Å². The summed E-state index contributed by atoms with van der Waals surface area (Å²) in [6.45, 7) is 13.8. The van der Waals surface area contributed by atoms with Crippen LogP contribution in [0.2, 0.25) is 0 Å². The minimum Gasteiger partial charge on any atom is -0.333 e. The SMILES string of the molecule is CC1(C)COP(C(P2OCC(C)(C)CO2)C(C)(c2ccccc2)c2ccccc2)OC1. The lowest BCUT2D eigenvalue weighted by Crippen LogP contribution is -2.42. The molecular formula is C25H34O4P2. The molecule has 4 rings (SSSR count). The number of hydrogen-bond acceptors (Lipinski definition) is 4. The molecule has 0 spiro atoms. The van der Waals surface area contributed by atoms with Gasteiger partial charge in [0, 0.05) is 16.2 Å². The second-order valence-corrected chi connectivity index (χ2v) is 13.9. The predicted molar refractivity (Wildman–Crippen MR) is 128 cm³/mol. The first-order valence-corrected chi connectivity index (χ1v) is 13.4. The highest BCUT2D eigenvalue weighted by atomic mass is 31.2. The smallest absolute Gasteiger partial charge is 0.184 e. The maximum atomic E-state index is 6.45. The maximum Gasteiger partial charge on any atom is 0.184 e. The van der Waals surface area contributed by atoms with Crippen molar-refractivity contribution in [2.45, 2.75) is 45.4 Å². The summed E-state index contributed by atoms with van der Waals surface area (Å²) >= 11 is 0. The summed E-state index contributed by atoms with van der Waals surface area (Å²) in [4.78, 5) is 0. The molecule has 2 aliphatic rings. The van der Waals surface area contributed by atoms with E-state index in [1.54, 1.807) is 0 Å².